The van der Waals surface area contributed by atoms with Crippen LogP contribution in [-0.4, -0.2) is 120 Å². The van der Waals surface area contributed by atoms with E-state index in [-0.39, 0.29) is 0 Å². The fourth-order valence-corrected chi connectivity index (χ4v) is 5.45. The first-order chi connectivity index (χ1) is 17.3. The van der Waals surface area contributed by atoms with Crippen molar-refractivity contribution in [3.63, 3.8) is 0 Å². The van der Waals surface area contributed by atoms with Gasteiger partial charge in [-0.2, -0.15) is 0 Å². The molecule has 0 unspecified atom stereocenters. The highest BCUT2D eigenvalue weighted by Crippen LogP contribution is 2.19. The Morgan fingerprint density at radius 3 is 1.00 bits per heavy atom. The van der Waals surface area contributed by atoms with Gasteiger partial charge >= 0.3 is 0 Å². The van der Waals surface area contributed by atoms with E-state index >= 15 is 0 Å². The Kier molecular flexibility index (Phi) is 16.8. The summed E-state index contributed by atoms with van der Waals surface area (Å²) in [5, 5.41) is 0. The minimum atomic E-state index is 0.704. The second-order valence-corrected chi connectivity index (χ2v) is 13.1. The Bertz CT molecular complexity index is 570. The SMILES string of the molecule is CC(C)C1=CCN(C(C)C)CC1.CC(C)N1CCCN(C(C)C)CC1.CC(C)N1CCN(C(C)C)CC1. The van der Waals surface area contributed by atoms with Crippen LogP contribution >= 0.6 is 0 Å². The molecule has 2 saturated heterocycles. The zero-order valence-corrected chi connectivity index (χ0v) is 27.3. The van der Waals surface area contributed by atoms with Crippen LogP contribution in [0.1, 0.15) is 95.9 Å². The summed E-state index contributed by atoms with van der Waals surface area (Å²) in [5.74, 6) is 0.749. The third-order valence-electron chi connectivity index (χ3n) is 8.58. The first-order valence-corrected chi connectivity index (χ1v) is 15.7. The number of rotatable bonds is 6. The minimum absolute atomic E-state index is 0.704. The first kappa shape index (κ1) is 34.6. The lowest BCUT2D eigenvalue weighted by molar-refractivity contribution is 0.0887. The van der Waals surface area contributed by atoms with E-state index in [1.165, 1.54) is 71.7 Å². The van der Waals surface area contributed by atoms with Crippen molar-refractivity contribution in [1.82, 2.24) is 24.5 Å². The maximum absolute atomic E-state index is 2.59. The molecule has 0 saturated carbocycles. The second kappa shape index (κ2) is 18.0. The molecule has 5 nitrogen and oxygen atoms in total. The van der Waals surface area contributed by atoms with Gasteiger partial charge in [-0.15, -0.1) is 0 Å². The van der Waals surface area contributed by atoms with Gasteiger partial charge in [0.15, 0.2) is 0 Å². The van der Waals surface area contributed by atoms with Crippen molar-refractivity contribution >= 4 is 0 Å². The van der Waals surface area contributed by atoms with E-state index in [1.807, 2.05) is 0 Å². The van der Waals surface area contributed by atoms with Crippen molar-refractivity contribution in [2.24, 2.45) is 5.92 Å². The van der Waals surface area contributed by atoms with Crippen molar-refractivity contribution in [3.05, 3.63) is 11.6 Å². The summed E-state index contributed by atoms with van der Waals surface area (Å²) in [7, 11) is 0. The van der Waals surface area contributed by atoms with Gasteiger partial charge in [0.25, 0.3) is 0 Å². The Labute approximate surface area is 233 Å². The molecular weight excluding hydrogens is 454 g/mol. The summed E-state index contributed by atoms with van der Waals surface area (Å²) < 4.78 is 0. The van der Waals surface area contributed by atoms with Crippen molar-refractivity contribution in [1.29, 1.82) is 0 Å². The second-order valence-electron chi connectivity index (χ2n) is 13.1. The molecule has 5 heteroatoms. The molecule has 0 aromatic rings. The summed E-state index contributed by atoms with van der Waals surface area (Å²) in [6.07, 6.45) is 5.01. The van der Waals surface area contributed by atoms with Crippen LogP contribution in [0.25, 0.3) is 0 Å². The molecule has 0 aliphatic carbocycles. The highest BCUT2D eigenvalue weighted by molar-refractivity contribution is 5.09. The molecule has 37 heavy (non-hydrogen) atoms. The van der Waals surface area contributed by atoms with E-state index in [1.54, 1.807) is 5.57 Å². The van der Waals surface area contributed by atoms with Crippen LogP contribution in [0.5, 0.6) is 0 Å². The van der Waals surface area contributed by atoms with Crippen molar-refractivity contribution in [2.45, 2.75) is 126 Å². The molecule has 0 radical (unpaired) electrons. The molecule has 0 bridgehead atoms. The smallest absolute Gasteiger partial charge is 0.0168 e. The zero-order chi connectivity index (χ0) is 28.1. The van der Waals surface area contributed by atoms with Gasteiger partial charge in [-0.05, 0) is 101 Å². The average molecular weight is 522 g/mol. The predicted octanol–water partition coefficient (Wildman–Crippen LogP) is 5.91. The highest BCUT2D eigenvalue weighted by atomic mass is 15.3. The van der Waals surface area contributed by atoms with E-state index in [9.17, 15) is 0 Å². The van der Waals surface area contributed by atoms with Gasteiger partial charge in [0.2, 0.25) is 0 Å². The van der Waals surface area contributed by atoms with Crippen LogP contribution in [0.4, 0.5) is 0 Å². The van der Waals surface area contributed by atoms with E-state index in [0.29, 0.717) is 18.1 Å². The lowest BCUT2D eigenvalue weighted by Crippen LogP contribution is -2.50. The van der Waals surface area contributed by atoms with Gasteiger partial charge in [0, 0.05) is 82.6 Å². The topological polar surface area (TPSA) is 16.2 Å². The minimum Gasteiger partial charge on any atom is -0.300 e. The number of nitrogens with zero attached hydrogens (tertiary/aromatic N) is 5. The summed E-state index contributed by atoms with van der Waals surface area (Å²) >= 11 is 0. The standard InChI is InChI=1S/C11H24N2.C11H21N.C10H22N2/c1-10(2)12-6-5-7-13(9-8-12)11(3)4;2*1-9(2)11-5-7-12(8-6-11)10(3)4/h10-11H,5-9H2,1-4H3;5,9-10H,6-8H2,1-4H3;9-10H,5-8H2,1-4H3. The molecule has 0 aromatic carbocycles. The fourth-order valence-electron chi connectivity index (χ4n) is 5.45. The van der Waals surface area contributed by atoms with Gasteiger partial charge in [0.05, 0.1) is 0 Å². The van der Waals surface area contributed by atoms with Crippen molar-refractivity contribution in [2.75, 3.05) is 65.4 Å². The van der Waals surface area contributed by atoms with Crippen molar-refractivity contribution in [3.8, 4) is 0 Å². The zero-order valence-electron chi connectivity index (χ0n) is 27.3. The van der Waals surface area contributed by atoms with Crippen LogP contribution in [0, 0.1) is 5.92 Å². The van der Waals surface area contributed by atoms with Crippen LogP contribution in [0.3, 0.4) is 0 Å². The van der Waals surface area contributed by atoms with Gasteiger partial charge in [-0.1, -0.05) is 25.5 Å². The van der Waals surface area contributed by atoms with Crippen LogP contribution in [0.15, 0.2) is 11.6 Å². The molecule has 0 atom stereocenters. The molecule has 220 valence electrons. The molecule has 3 heterocycles. The molecule has 3 rings (SSSR count). The highest BCUT2D eigenvalue weighted by Gasteiger charge is 2.20. The lowest BCUT2D eigenvalue weighted by Gasteiger charge is -2.38. The van der Waals surface area contributed by atoms with Crippen LogP contribution in [0.2, 0.25) is 0 Å². The van der Waals surface area contributed by atoms with Gasteiger partial charge in [-0.3, -0.25) is 24.5 Å². The average Bonchev–Trinajstić information content (AvgIpc) is 3.12. The van der Waals surface area contributed by atoms with Crippen molar-refractivity contribution < 1.29 is 0 Å². The lowest BCUT2D eigenvalue weighted by atomic mass is 9.96. The molecule has 3 aliphatic rings. The normalized spacial score (nSPS) is 21.8. The third kappa shape index (κ3) is 13.4. The van der Waals surface area contributed by atoms with E-state index < -0.39 is 0 Å². The number of piperazine rings is 1. The largest absolute Gasteiger partial charge is 0.300 e. The summed E-state index contributed by atoms with van der Waals surface area (Å²) in [6, 6.07) is 3.58. The molecular formula is C32H67N5. The Hall–Kier alpha value is -0.460. The quantitative estimate of drug-likeness (QED) is 0.402. The molecule has 3 aliphatic heterocycles. The Balaban J connectivity index is 0.000000278. The Morgan fingerprint density at radius 2 is 0.757 bits per heavy atom. The van der Waals surface area contributed by atoms with Crippen LogP contribution in [-0.2, 0) is 0 Å². The number of hydrogen-bond acceptors (Lipinski definition) is 5. The Morgan fingerprint density at radius 1 is 0.432 bits per heavy atom. The first-order valence-electron chi connectivity index (χ1n) is 15.7. The van der Waals surface area contributed by atoms with Gasteiger partial charge in [0.1, 0.15) is 0 Å². The maximum Gasteiger partial charge on any atom is 0.0168 e. The van der Waals surface area contributed by atoms with E-state index in [0.717, 1.165) is 24.5 Å². The molecule has 2 fully saturated rings. The van der Waals surface area contributed by atoms with E-state index in [2.05, 4.69) is 114 Å². The maximum atomic E-state index is 2.59. The summed E-state index contributed by atoms with van der Waals surface area (Å²) in [6.45, 7) is 39.9. The molecule has 0 spiro atoms. The molecule has 0 aromatic heterocycles. The fraction of sp³-hybridized carbons (Fsp3) is 0.938. The monoisotopic (exact) mass is 522 g/mol. The van der Waals surface area contributed by atoms with Gasteiger partial charge < -0.3 is 0 Å². The summed E-state index contributed by atoms with van der Waals surface area (Å²) in [4.78, 5) is 12.8. The third-order valence-corrected chi connectivity index (χ3v) is 8.58. The molecule has 0 amide bonds. The predicted molar refractivity (Wildman–Crippen MR) is 166 cm³/mol. The van der Waals surface area contributed by atoms with Gasteiger partial charge in [-0.25, -0.2) is 0 Å². The van der Waals surface area contributed by atoms with E-state index in [4.69, 9.17) is 0 Å². The summed E-state index contributed by atoms with van der Waals surface area (Å²) in [5.41, 5.74) is 1.65. The van der Waals surface area contributed by atoms with Crippen LogP contribution < -0.4 is 0 Å². The number of hydrogen-bond donors (Lipinski definition) is 0. The molecule has 0 N–H and O–H groups in total.